The molecule has 2 aromatic rings. The molecule has 2 fully saturated rings. The molecule has 0 bridgehead atoms. The fraction of sp³-hybridized carbons (Fsp3) is 0.481. The third-order valence-corrected chi connectivity index (χ3v) is 8.76. The summed E-state index contributed by atoms with van der Waals surface area (Å²) in [5.74, 6) is 0.942. The molecule has 174 valence electrons. The first kappa shape index (κ1) is 23.6. The van der Waals surface area contributed by atoms with Crippen LogP contribution in [0, 0.1) is 5.92 Å². The molecule has 3 nitrogen and oxygen atoms in total. The molecule has 3 aliphatic rings. The second-order valence-corrected chi connectivity index (χ2v) is 11.9. The maximum absolute atomic E-state index is 13.0. The maximum Gasteiger partial charge on any atom is 0.222 e. The van der Waals surface area contributed by atoms with E-state index in [1.54, 1.807) is 0 Å². The Morgan fingerprint density at radius 3 is 2.48 bits per heavy atom. The van der Waals surface area contributed by atoms with E-state index in [0.717, 1.165) is 64.9 Å². The molecule has 6 heteroatoms. The van der Waals surface area contributed by atoms with E-state index >= 15 is 0 Å². The first-order chi connectivity index (χ1) is 16.0. The lowest BCUT2D eigenvalue weighted by molar-refractivity contribution is -0.132. The van der Waals surface area contributed by atoms with Crippen LogP contribution in [0.15, 0.2) is 38.9 Å². The normalized spacial score (nSPS) is 19.2. The van der Waals surface area contributed by atoms with Crippen LogP contribution in [0.25, 0.3) is 5.57 Å². The van der Waals surface area contributed by atoms with Crippen molar-refractivity contribution >= 4 is 54.9 Å². The SMILES string of the molecule is O=C(CC1CCCCC1)N1CCC(=C2c3ncc(Br)cc3CCc3cc(Cl)cc(Br)c32)CC1. The zero-order chi connectivity index (χ0) is 22.9. The number of aromatic nitrogens is 1. The molecule has 33 heavy (non-hydrogen) atoms. The van der Waals surface area contributed by atoms with Crippen LogP contribution in [0.2, 0.25) is 5.02 Å². The van der Waals surface area contributed by atoms with Crippen LogP contribution in [0.5, 0.6) is 0 Å². The summed E-state index contributed by atoms with van der Waals surface area (Å²) >= 11 is 13.8. The van der Waals surface area contributed by atoms with Crippen molar-refractivity contribution in [1.82, 2.24) is 9.88 Å². The third-order valence-electron chi connectivity index (χ3n) is 7.48. The Hall–Kier alpha value is -1.17. The smallest absolute Gasteiger partial charge is 0.222 e. The largest absolute Gasteiger partial charge is 0.342 e. The van der Waals surface area contributed by atoms with E-state index in [4.69, 9.17) is 16.6 Å². The van der Waals surface area contributed by atoms with Crippen LogP contribution in [0.1, 0.15) is 73.8 Å². The van der Waals surface area contributed by atoms with Crippen molar-refractivity contribution < 1.29 is 4.79 Å². The number of nitrogens with zero attached hydrogens (tertiary/aromatic N) is 2. The number of benzene rings is 1. The van der Waals surface area contributed by atoms with Gasteiger partial charge < -0.3 is 4.90 Å². The Balaban J connectivity index is 1.46. The van der Waals surface area contributed by atoms with Gasteiger partial charge in [-0.3, -0.25) is 9.78 Å². The average molecular weight is 593 g/mol. The predicted octanol–water partition coefficient (Wildman–Crippen LogP) is 7.75. The van der Waals surface area contributed by atoms with Crippen LogP contribution in [-0.4, -0.2) is 28.9 Å². The van der Waals surface area contributed by atoms with Crippen LogP contribution in [-0.2, 0) is 17.6 Å². The first-order valence-corrected chi connectivity index (χ1v) is 14.1. The summed E-state index contributed by atoms with van der Waals surface area (Å²) in [7, 11) is 0. The van der Waals surface area contributed by atoms with E-state index in [1.807, 2.05) is 12.3 Å². The number of piperidine rings is 1. The van der Waals surface area contributed by atoms with Gasteiger partial charge in [0.05, 0.1) is 5.69 Å². The van der Waals surface area contributed by atoms with Crippen LogP contribution < -0.4 is 0 Å². The summed E-state index contributed by atoms with van der Waals surface area (Å²) in [5, 5.41) is 0.758. The van der Waals surface area contributed by atoms with Gasteiger partial charge in [-0.2, -0.15) is 0 Å². The van der Waals surface area contributed by atoms with Gasteiger partial charge in [-0.1, -0.05) is 52.4 Å². The zero-order valence-corrected chi connectivity index (χ0v) is 22.7. The highest BCUT2D eigenvalue weighted by molar-refractivity contribution is 9.10. The Kier molecular flexibility index (Phi) is 7.29. The summed E-state index contributed by atoms with van der Waals surface area (Å²) in [6.45, 7) is 1.60. The summed E-state index contributed by atoms with van der Waals surface area (Å²) in [5.41, 5.74) is 7.48. The summed E-state index contributed by atoms with van der Waals surface area (Å²) in [4.78, 5) is 20.0. The molecule has 1 amide bonds. The third kappa shape index (κ3) is 5.11. The second-order valence-electron chi connectivity index (χ2n) is 9.65. The molecule has 1 aromatic heterocycles. The maximum atomic E-state index is 13.0. The average Bonchev–Trinajstić information content (AvgIpc) is 2.96. The highest BCUT2D eigenvalue weighted by Crippen LogP contribution is 2.42. The van der Waals surface area contributed by atoms with Gasteiger partial charge in [-0.25, -0.2) is 0 Å². The molecule has 0 N–H and O–H groups in total. The fourth-order valence-electron chi connectivity index (χ4n) is 5.78. The molecular weight excluding hydrogens is 564 g/mol. The highest BCUT2D eigenvalue weighted by Gasteiger charge is 2.29. The minimum Gasteiger partial charge on any atom is -0.342 e. The minimum atomic E-state index is 0.350. The van der Waals surface area contributed by atoms with E-state index < -0.39 is 0 Å². The lowest BCUT2D eigenvalue weighted by Gasteiger charge is -2.32. The number of hydrogen-bond donors (Lipinski definition) is 0. The molecular formula is C27H29Br2ClN2O. The zero-order valence-electron chi connectivity index (χ0n) is 18.8. The standard InChI is InChI=1S/C27H29Br2ClN2O/c28-21-13-20-7-6-19-14-22(30)15-23(29)25(19)26(27(20)31-16-21)18-8-10-32(11-9-18)24(33)12-17-4-2-1-3-5-17/h13-17H,1-12H2. The van der Waals surface area contributed by atoms with Gasteiger partial charge in [0.2, 0.25) is 5.91 Å². The van der Waals surface area contributed by atoms with Crippen molar-refractivity contribution in [2.24, 2.45) is 5.92 Å². The number of carbonyl (C=O) groups is 1. The van der Waals surface area contributed by atoms with Gasteiger partial charge in [-0.05, 0) is 89.7 Å². The van der Waals surface area contributed by atoms with Gasteiger partial charge in [0.15, 0.2) is 0 Å². The molecule has 2 aliphatic carbocycles. The fourth-order valence-corrected chi connectivity index (χ4v) is 7.23. The number of halogens is 3. The number of likely N-dealkylation sites (tertiary alicyclic amines) is 1. The van der Waals surface area contributed by atoms with Crippen LogP contribution in [0.3, 0.4) is 0 Å². The van der Waals surface area contributed by atoms with Gasteiger partial charge in [0.25, 0.3) is 0 Å². The number of aryl methyl sites for hydroxylation is 2. The van der Waals surface area contributed by atoms with E-state index in [-0.39, 0.29) is 0 Å². The Bertz CT molecular complexity index is 1100. The lowest BCUT2D eigenvalue weighted by Crippen LogP contribution is -2.37. The Morgan fingerprint density at radius 2 is 1.73 bits per heavy atom. The summed E-state index contributed by atoms with van der Waals surface area (Å²) < 4.78 is 2.04. The number of hydrogen-bond acceptors (Lipinski definition) is 2. The Morgan fingerprint density at radius 1 is 1.00 bits per heavy atom. The van der Waals surface area contributed by atoms with Crippen LogP contribution >= 0.6 is 43.5 Å². The Labute approximate surface area is 218 Å². The summed E-state index contributed by atoms with van der Waals surface area (Å²) in [6, 6.07) is 6.30. The molecule has 1 aromatic carbocycles. The van der Waals surface area contributed by atoms with Crippen LogP contribution in [0.4, 0.5) is 0 Å². The van der Waals surface area contributed by atoms with E-state index in [0.29, 0.717) is 11.8 Å². The minimum absolute atomic E-state index is 0.350. The highest BCUT2D eigenvalue weighted by atomic mass is 79.9. The van der Waals surface area contributed by atoms with Crippen molar-refractivity contribution in [2.45, 2.75) is 64.2 Å². The number of rotatable bonds is 2. The topological polar surface area (TPSA) is 33.2 Å². The number of carbonyl (C=O) groups excluding carboxylic acids is 1. The molecule has 0 radical (unpaired) electrons. The van der Waals surface area contributed by atoms with Crippen molar-refractivity contribution in [3.63, 3.8) is 0 Å². The molecule has 1 aliphatic heterocycles. The monoisotopic (exact) mass is 590 g/mol. The molecule has 0 unspecified atom stereocenters. The second kappa shape index (κ2) is 10.2. The number of fused-ring (bicyclic) bond motifs is 2. The van der Waals surface area contributed by atoms with Gasteiger partial charge >= 0.3 is 0 Å². The van der Waals surface area contributed by atoms with Crippen molar-refractivity contribution in [3.8, 4) is 0 Å². The molecule has 1 saturated heterocycles. The number of pyridine rings is 1. The predicted molar refractivity (Wildman–Crippen MR) is 142 cm³/mol. The quantitative estimate of drug-likeness (QED) is 0.357. The first-order valence-electron chi connectivity index (χ1n) is 12.1. The summed E-state index contributed by atoms with van der Waals surface area (Å²) in [6.07, 6.45) is 12.7. The van der Waals surface area contributed by atoms with Gasteiger partial charge in [-0.15, -0.1) is 0 Å². The van der Waals surface area contributed by atoms with E-state index in [9.17, 15) is 4.79 Å². The number of amides is 1. The molecule has 0 atom stereocenters. The van der Waals surface area contributed by atoms with Crippen molar-refractivity contribution in [1.29, 1.82) is 0 Å². The van der Waals surface area contributed by atoms with Crippen molar-refractivity contribution in [2.75, 3.05) is 13.1 Å². The van der Waals surface area contributed by atoms with Crippen molar-refractivity contribution in [3.05, 3.63) is 66.3 Å². The van der Waals surface area contributed by atoms with E-state index in [1.165, 1.54) is 59.9 Å². The molecule has 2 heterocycles. The molecule has 5 rings (SSSR count). The van der Waals surface area contributed by atoms with Gasteiger partial charge in [0, 0.05) is 50.8 Å². The molecule has 0 spiro atoms. The van der Waals surface area contributed by atoms with E-state index in [2.05, 4.69) is 48.9 Å². The van der Waals surface area contributed by atoms with Gasteiger partial charge in [0.1, 0.15) is 0 Å². The lowest BCUT2D eigenvalue weighted by atomic mass is 9.86. The molecule has 1 saturated carbocycles.